The van der Waals surface area contributed by atoms with Gasteiger partial charge in [0.05, 0.1) is 32.0 Å². The van der Waals surface area contributed by atoms with E-state index in [1.807, 2.05) is 6.07 Å². The zero-order valence-corrected chi connectivity index (χ0v) is 27.5. The van der Waals surface area contributed by atoms with Crippen molar-refractivity contribution in [3.63, 3.8) is 0 Å². The van der Waals surface area contributed by atoms with Gasteiger partial charge in [-0.1, -0.05) is 31.8 Å². The maximum Gasteiger partial charge on any atom is 0.246 e. The van der Waals surface area contributed by atoms with Crippen LogP contribution in [0.5, 0.6) is 11.5 Å². The average Bonchev–Trinajstić information content (AvgIpc) is 3.61. The summed E-state index contributed by atoms with van der Waals surface area (Å²) >= 11 is 0. The Kier molecular flexibility index (Phi) is 9.52. The molecule has 0 aliphatic rings. The summed E-state index contributed by atoms with van der Waals surface area (Å²) in [5.74, 6) is 1.09. The fraction of sp³-hybridized carbons (Fsp3) is 0.367. The fourth-order valence-corrected chi connectivity index (χ4v) is 7.31. The molecule has 0 saturated carbocycles. The number of halogens is 1. The van der Waals surface area contributed by atoms with Gasteiger partial charge in [0.25, 0.3) is 0 Å². The van der Waals surface area contributed by atoms with Crippen molar-refractivity contribution in [2.24, 2.45) is 0 Å². The lowest BCUT2D eigenvalue weighted by molar-refractivity contribution is 0.175. The molecule has 14 heteroatoms. The number of ether oxygens (including phenoxy) is 2. The maximum absolute atomic E-state index is 14.5. The van der Waals surface area contributed by atoms with Crippen LogP contribution in [-0.2, 0) is 10.0 Å². The van der Waals surface area contributed by atoms with Gasteiger partial charge in [0, 0.05) is 14.6 Å². The molecule has 44 heavy (non-hydrogen) atoms. The fourth-order valence-electron chi connectivity index (χ4n) is 4.69. The van der Waals surface area contributed by atoms with Crippen molar-refractivity contribution in [1.82, 2.24) is 14.8 Å². The van der Waals surface area contributed by atoms with Crippen LogP contribution >= 0.6 is 0 Å². The smallest absolute Gasteiger partial charge is 0.246 e. The van der Waals surface area contributed by atoms with Crippen molar-refractivity contribution in [1.29, 1.82) is 5.26 Å². The van der Waals surface area contributed by atoms with Crippen molar-refractivity contribution in [2.45, 2.75) is 50.9 Å². The summed E-state index contributed by atoms with van der Waals surface area (Å²) in [5.41, 5.74) is 0.175. The normalized spacial score (nSPS) is 13.3. The molecule has 2 heterocycles. The molecule has 0 aliphatic heterocycles. The first-order valence-corrected chi connectivity index (χ1v) is 19.1. The molecule has 4 rings (SSSR count). The zero-order chi connectivity index (χ0) is 32.4. The third-order valence-corrected chi connectivity index (χ3v) is 11.1. The summed E-state index contributed by atoms with van der Waals surface area (Å²) in [6.45, 7) is 9.47. The standard InChI is InChI=1S/C30H36FN5O6SSi/c1-19-11-14-26(42-19)29-33-34-30(36(29)27-24(40-3)9-8-10-25(27)41-4)35(15-16-44(5,6)7)43(38,39)20(2)28(37)23-13-12-22(31)17-21(23)18-32/h8-14,17,20,28,37H,15-16H2,1-7H3/t20-,28-/m0/s1. The van der Waals surface area contributed by atoms with E-state index in [-0.39, 0.29) is 29.4 Å². The highest BCUT2D eigenvalue weighted by atomic mass is 32.2. The average molecular weight is 642 g/mol. The third-order valence-electron chi connectivity index (χ3n) is 7.20. The number of rotatable bonds is 12. The molecule has 0 spiro atoms. The van der Waals surface area contributed by atoms with Gasteiger partial charge in [-0.25, -0.2) is 17.1 Å². The van der Waals surface area contributed by atoms with Crippen LogP contribution in [0.4, 0.5) is 10.3 Å². The van der Waals surface area contributed by atoms with Crippen LogP contribution in [-0.4, -0.2) is 62.4 Å². The largest absolute Gasteiger partial charge is 0.494 e. The van der Waals surface area contributed by atoms with Gasteiger partial charge in [-0.15, -0.1) is 10.2 Å². The number of sulfonamides is 1. The minimum absolute atomic E-state index is 0.00487. The molecule has 1 N–H and O–H groups in total. The van der Waals surface area contributed by atoms with E-state index in [4.69, 9.17) is 13.9 Å². The van der Waals surface area contributed by atoms with Gasteiger partial charge in [-0.05, 0) is 61.9 Å². The first-order chi connectivity index (χ1) is 20.7. The lowest BCUT2D eigenvalue weighted by atomic mass is 10.0. The molecule has 0 fully saturated rings. The van der Waals surface area contributed by atoms with Crippen LogP contribution in [0.3, 0.4) is 0 Å². The molecular formula is C30H36FN5O6SSi. The number of hydrogen-bond donors (Lipinski definition) is 1. The number of aliphatic hydroxyl groups is 1. The van der Waals surface area contributed by atoms with Gasteiger partial charge in [0.2, 0.25) is 21.8 Å². The molecular weight excluding hydrogens is 606 g/mol. The second-order valence-electron chi connectivity index (χ2n) is 11.5. The zero-order valence-electron chi connectivity index (χ0n) is 25.7. The Morgan fingerprint density at radius 1 is 1.11 bits per heavy atom. The second kappa shape index (κ2) is 12.8. The molecule has 11 nitrogen and oxygen atoms in total. The molecule has 2 atom stereocenters. The molecule has 2 aromatic carbocycles. The number of anilines is 1. The summed E-state index contributed by atoms with van der Waals surface area (Å²) in [7, 11) is -3.31. The minimum Gasteiger partial charge on any atom is -0.494 e. The minimum atomic E-state index is -4.43. The van der Waals surface area contributed by atoms with E-state index < -0.39 is 35.3 Å². The number of para-hydroxylation sites is 1. The third kappa shape index (κ3) is 6.49. The SMILES string of the molecule is COc1cccc(OC)c1-n1c(-c2ccc(C)o2)nnc1N(CC[Si](C)(C)C)S(=O)(=O)[C@@H](C)[C@H](O)c1ccc(F)cc1C#N. The summed E-state index contributed by atoms with van der Waals surface area (Å²) in [6, 6.07) is 14.2. The van der Waals surface area contributed by atoms with E-state index in [9.17, 15) is 23.2 Å². The van der Waals surface area contributed by atoms with Crippen LogP contribution in [0, 0.1) is 24.1 Å². The molecule has 2 aromatic heterocycles. The summed E-state index contributed by atoms with van der Waals surface area (Å²) < 4.78 is 62.8. The number of furan rings is 1. The Balaban J connectivity index is 1.98. The highest BCUT2D eigenvalue weighted by Gasteiger charge is 2.40. The first-order valence-electron chi connectivity index (χ1n) is 13.9. The summed E-state index contributed by atoms with van der Waals surface area (Å²) in [5, 5.41) is 28.2. The number of nitrogens with zero attached hydrogens (tertiary/aromatic N) is 5. The molecule has 0 unspecified atom stereocenters. The maximum atomic E-state index is 14.5. The van der Waals surface area contributed by atoms with Crippen molar-refractivity contribution < 1.29 is 31.8 Å². The van der Waals surface area contributed by atoms with Gasteiger partial charge in [-0.2, -0.15) is 5.26 Å². The molecule has 0 amide bonds. The molecule has 0 aliphatic carbocycles. The van der Waals surface area contributed by atoms with Crippen molar-refractivity contribution in [3.8, 4) is 34.8 Å². The Bertz CT molecular complexity index is 1770. The van der Waals surface area contributed by atoms with Crippen LogP contribution in [0.2, 0.25) is 25.7 Å². The van der Waals surface area contributed by atoms with Crippen molar-refractivity contribution in [3.05, 3.63) is 71.2 Å². The van der Waals surface area contributed by atoms with Crippen LogP contribution in [0.25, 0.3) is 17.3 Å². The van der Waals surface area contributed by atoms with Crippen LogP contribution < -0.4 is 13.8 Å². The Hall–Kier alpha value is -4.19. The number of nitriles is 1. The van der Waals surface area contributed by atoms with Crippen molar-refractivity contribution in [2.75, 3.05) is 25.1 Å². The number of benzene rings is 2. The van der Waals surface area contributed by atoms with E-state index in [0.29, 0.717) is 34.8 Å². The van der Waals surface area contributed by atoms with E-state index in [1.54, 1.807) is 37.3 Å². The molecule has 0 bridgehead atoms. The predicted octanol–water partition coefficient (Wildman–Crippen LogP) is 5.46. The number of hydrogen-bond acceptors (Lipinski definition) is 9. The number of methoxy groups -OCH3 is 2. The molecule has 234 valence electrons. The predicted molar refractivity (Wildman–Crippen MR) is 167 cm³/mol. The molecule has 4 aromatic rings. The summed E-state index contributed by atoms with van der Waals surface area (Å²) in [4.78, 5) is 0. The second-order valence-corrected chi connectivity index (χ2v) is 19.3. The van der Waals surface area contributed by atoms with Gasteiger partial charge in [-0.3, -0.25) is 4.57 Å². The molecule has 0 radical (unpaired) electrons. The lowest BCUT2D eigenvalue weighted by Gasteiger charge is -2.31. The molecule has 0 saturated heterocycles. The Labute approximate surface area is 257 Å². The van der Waals surface area contributed by atoms with Gasteiger partial charge >= 0.3 is 0 Å². The topological polar surface area (TPSA) is 144 Å². The Morgan fingerprint density at radius 3 is 2.32 bits per heavy atom. The number of aliphatic hydroxyl groups excluding tert-OH is 1. The quantitative estimate of drug-likeness (QED) is 0.199. The van der Waals surface area contributed by atoms with E-state index in [2.05, 4.69) is 29.8 Å². The van der Waals surface area contributed by atoms with Crippen LogP contribution in [0.15, 0.2) is 52.9 Å². The van der Waals surface area contributed by atoms with E-state index in [1.165, 1.54) is 31.8 Å². The monoisotopic (exact) mass is 641 g/mol. The lowest BCUT2D eigenvalue weighted by Crippen LogP contribution is -2.44. The van der Waals surface area contributed by atoms with E-state index >= 15 is 0 Å². The Morgan fingerprint density at radius 2 is 1.77 bits per heavy atom. The highest BCUT2D eigenvalue weighted by Crippen LogP contribution is 2.40. The highest BCUT2D eigenvalue weighted by molar-refractivity contribution is 7.93. The van der Waals surface area contributed by atoms with Gasteiger partial charge < -0.3 is 19.0 Å². The number of aromatic nitrogens is 3. The number of aryl methyl sites for hydroxylation is 1. The van der Waals surface area contributed by atoms with Crippen LogP contribution in [0.1, 0.15) is 29.9 Å². The summed E-state index contributed by atoms with van der Waals surface area (Å²) in [6.07, 6.45) is -1.66. The van der Waals surface area contributed by atoms with E-state index in [0.717, 1.165) is 16.4 Å². The van der Waals surface area contributed by atoms with Gasteiger partial charge in [0.1, 0.15) is 34.0 Å². The first kappa shape index (κ1) is 32.7. The van der Waals surface area contributed by atoms with Gasteiger partial charge in [0.15, 0.2) is 5.76 Å². The van der Waals surface area contributed by atoms with Crippen molar-refractivity contribution >= 4 is 24.0 Å².